The Morgan fingerprint density at radius 1 is 1.00 bits per heavy atom. The van der Waals surface area contributed by atoms with Gasteiger partial charge in [-0.25, -0.2) is 0 Å². The van der Waals surface area contributed by atoms with Crippen molar-refractivity contribution in [3.8, 4) is 0 Å². The first-order valence-electron chi connectivity index (χ1n) is 8.61. The average Bonchev–Trinajstić information content (AvgIpc) is 2.48. The molecule has 0 aromatic carbocycles. The second-order valence-electron chi connectivity index (χ2n) is 6.49. The van der Waals surface area contributed by atoms with Crippen LogP contribution in [0.4, 0.5) is 0 Å². The number of carbonyl (C=O) groups is 2. The number of carbonyl (C=O) groups excluding carboxylic acids is 2. The molecule has 0 saturated heterocycles. The van der Waals surface area contributed by atoms with Crippen LogP contribution in [0.3, 0.4) is 0 Å². The van der Waals surface area contributed by atoms with Crippen LogP contribution in [0.2, 0.25) is 0 Å². The van der Waals surface area contributed by atoms with Crippen molar-refractivity contribution in [2.24, 2.45) is 0 Å². The van der Waals surface area contributed by atoms with Gasteiger partial charge in [-0.05, 0) is 66.2 Å². The van der Waals surface area contributed by atoms with Crippen LogP contribution in [0, 0.1) is 0 Å². The summed E-state index contributed by atoms with van der Waals surface area (Å²) in [6.45, 7) is 3.99. The fraction of sp³-hybridized carbons (Fsp3) is 0.882. The van der Waals surface area contributed by atoms with Crippen LogP contribution >= 0.6 is 12.6 Å². The molecule has 0 heterocycles. The Balaban J connectivity index is 4.25. The van der Waals surface area contributed by atoms with E-state index >= 15 is 0 Å². The van der Waals surface area contributed by atoms with Crippen molar-refractivity contribution in [1.29, 1.82) is 0 Å². The van der Waals surface area contributed by atoms with Crippen molar-refractivity contribution in [2.75, 3.05) is 46.5 Å². The summed E-state index contributed by atoms with van der Waals surface area (Å²) >= 11 is 4.21. The molecular weight excluding hydrogens is 310 g/mol. The third kappa shape index (κ3) is 12.5. The van der Waals surface area contributed by atoms with Crippen molar-refractivity contribution in [1.82, 2.24) is 15.1 Å². The average molecular weight is 346 g/mol. The second-order valence-corrected chi connectivity index (χ2v) is 6.94. The van der Waals surface area contributed by atoms with Crippen LogP contribution in [0.15, 0.2) is 0 Å². The minimum Gasteiger partial charge on any atom is -0.355 e. The highest BCUT2D eigenvalue weighted by atomic mass is 32.1. The highest BCUT2D eigenvalue weighted by Gasteiger charge is 2.24. The normalized spacial score (nSPS) is 12.7. The Kier molecular flexibility index (Phi) is 13.5. The lowest BCUT2D eigenvalue weighted by molar-refractivity contribution is -0.129. The molecule has 1 atom stereocenters. The molecule has 5 nitrogen and oxygen atoms in total. The Hall–Kier alpha value is -0.590. The zero-order valence-electron chi connectivity index (χ0n) is 15.3. The monoisotopic (exact) mass is 345 g/mol. The molecule has 0 saturated carbocycles. The van der Waals surface area contributed by atoms with Gasteiger partial charge in [-0.1, -0.05) is 12.8 Å². The van der Waals surface area contributed by atoms with Gasteiger partial charge in [-0.15, -0.1) is 0 Å². The van der Waals surface area contributed by atoms with Gasteiger partial charge in [-0.3, -0.25) is 14.5 Å². The number of hydrogen-bond donors (Lipinski definition) is 2. The maximum atomic E-state index is 12.4. The highest BCUT2D eigenvalue weighted by molar-refractivity contribution is 7.80. The van der Waals surface area contributed by atoms with Crippen LogP contribution < -0.4 is 5.32 Å². The van der Waals surface area contributed by atoms with E-state index in [1.165, 1.54) is 6.42 Å². The Morgan fingerprint density at radius 3 is 2.22 bits per heavy atom. The van der Waals surface area contributed by atoms with Gasteiger partial charge in [0.15, 0.2) is 0 Å². The topological polar surface area (TPSA) is 52.7 Å². The first kappa shape index (κ1) is 22.4. The predicted molar refractivity (Wildman–Crippen MR) is 100 cm³/mol. The summed E-state index contributed by atoms with van der Waals surface area (Å²) < 4.78 is 0. The summed E-state index contributed by atoms with van der Waals surface area (Å²) in [5.41, 5.74) is 0. The molecule has 0 rings (SSSR count). The molecule has 1 amide bonds. The first-order valence-corrected chi connectivity index (χ1v) is 9.24. The lowest BCUT2D eigenvalue weighted by Crippen LogP contribution is -2.47. The van der Waals surface area contributed by atoms with Gasteiger partial charge in [0.25, 0.3) is 0 Å². The minimum atomic E-state index is -0.350. The van der Waals surface area contributed by atoms with Crippen LogP contribution in [0.25, 0.3) is 0 Å². The molecule has 0 aromatic rings. The summed E-state index contributed by atoms with van der Waals surface area (Å²) in [5.74, 6) is 0.954. The van der Waals surface area contributed by atoms with Crippen molar-refractivity contribution in [2.45, 2.75) is 51.5 Å². The number of likely N-dealkylation sites (N-methyl/N-ethyl adjacent to an activating group) is 1. The first-order chi connectivity index (χ1) is 10.9. The van der Waals surface area contributed by atoms with Gasteiger partial charge in [0.05, 0.1) is 6.04 Å². The number of nitrogens with one attached hydrogen (secondary N) is 1. The van der Waals surface area contributed by atoms with Crippen LogP contribution in [0.5, 0.6) is 0 Å². The van der Waals surface area contributed by atoms with Crippen LogP contribution in [-0.4, -0.2) is 74.1 Å². The van der Waals surface area contributed by atoms with Gasteiger partial charge in [0, 0.05) is 13.0 Å². The van der Waals surface area contributed by atoms with E-state index in [-0.39, 0.29) is 24.2 Å². The van der Waals surface area contributed by atoms with E-state index in [0.29, 0.717) is 6.54 Å². The lowest BCUT2D eigenvalue weighted by Gasteiger charge is -2.26. The third-order valence-corrected chi connectivity index (χ3v) is 4.13. The van der Waals surface area contributed by atoms with E-state index in [0.717, 1.165) is 44.5 Å². The molecule has 1 N–H and O–H groups in total. The predicted octanol–water partition coefficient (Wildman–Crippen LogP) is 1.82. The minimum absolute atomic E-state index is 0.0307. The number of hydrogen-bond acceptors (Lipinski definition) is 5. The maximum absolute atomic E-state index is 12.4. The summed E-state index contributed by atoms with van der Waals surface area (Å²) in [6, 6.07) is -0.350. The van der Waals surface area contributed by atoms with Crippen molar-refractivity contribution < 1.29 is 9.59 Å². The number of nitrogens with zero attached hydrogens (tertiary/aromatic N) is 2. The van der Waals surface area contributed by atoms with E-state index in [9.17, 15) is 9.59 Å². The van der Waals surface area contributed by atoms with E-state index < -0.39 is 0 Å². The van der Waals surface area contributed by atoms with E-state index in [1.807, 2.05) is 26.0 Å². The zero-order valence-corrected chi connectivity index (χ0v) is 16.2. The van der Waals surface area contributed by atoms with Crippen molar-refractivity contribution in [3.63, 3.8) is 0 Å². The molecule has 1 unspecified atom stereocenters. The number of thiol groups is 1. The fourth-order valence-corrected chi connectivity index (χ4v) is 2.65. The van der Waals surface area contributed by atoms with Crippen LogP contribution in [0.1, 0.15) is 45.4 Å². The lowest BCUT2D eigenvalue weighted by atomic mass is 10.1. The van der Waals surface area contributed by atoms with Crippen molar-refractivity contribution >= 4 is 24.3 Å². The maximum Gasteiger partial charge on any atom is 0.237 e. The molecule has 136 valence electrons. The number of Topliss-reactive ketones (excluding diaryl/α,β-unsaturated/α-hetero) is 1. The van der Waals surface area contributed by atoms with Gasteiger partial charge in [0.2, 0.25) is 5.91 Å². The largest absolute Gasteiger partial charge is 0.355 e. The molecule has 0 aromatic heterocycles. The molecule has 0 fully saturated rings. The van der Waals surface area contributed by atoms with Gasteiger partial charge in [-0.2, -0.15) is 12.6 Å². The SMILES string of the molecule is CC(=O)CC(C(=O)NCCCN(C)C)N(C)CCCCCCS. The standard InChI is InChI=1S/C17H35N3O2S/c1-15(21)14-16(17(22)18-10-9-11-19(2)3)20(4)12-7-5-6-8-13-23/h16,23H,5-14H2,1-4H3,(H,18,22). The van der Waals surface area contributed by atoms with Gasteiger partial charge >= 0.3 is 0 Å². The summed E-state index contributed by atoms with van der Waals surface area (Å²) in [5, 5.41) is 2.97. The van der Waals surface area contributed by atoms with E-state index in [1.54, 1.807) is 6.92 Å². The number of amides is 1. The molecule has 6 heteroatoms. The third-order valence-electron chi connectivity index (χ3n) is 3.82. The number of ketones is 1. The molecular formula is C17H35N3O2S. The van der Waals surface area contributed by atoms with Crippen molar-refractivity contribution in [3.05, 3.63) is 0 Å². The van der Waals surface area contributed by atoms with E-state index in [4.69, 9.17) is 0 Å². The number of rotatable bonds is 14. The second kappa shape index (κ2) is 13.8. The molecule has 0 aliphatic rings. The molecule has 0 aliphatic carbocycles. The smallest absolute Gasteiger partial charge is 0.237 e. The quantitative estimate of drug-likeness (QED) is 0.372. The number of unbranched alkanes of at least 4 members (excludes halogenated alkanes) is 3. The molecule has 0 spiro atoms. The summed E-state index contributed by atoms with van der Waals surface area (Å²) in [7, 11) is 5.97. The summed E-state index contributed by atoms with van der Waals surface area (Å²) in [4.78, 5) is 28.0. The van der Waals surface area contributed by atoms with Crippen LogP contribution in [-0.2, 0) is 9.59 Å². The Labute approximate surface area is 147 Å². The van der Waals surface area contributed by atoms with Gasteiger partial charge < -0.3 is 10.2 Å². The Morgan fingerprint density at radius 2 is 1.65 bits per heavy atom. The highest BCUT2D eigenvalue weighted by Crippen LogP contribution is 2.08. The molecule has 0 aliphatic heterocycles. The molecule has 23 heavy (non-hydrogen) atoms. The zero-order chi connectivity index (χ0) is 17.7. The Bertz CT molecular complexity index is 338. The fourth-order valence-electron chi connectivity index (χ4n) is 2.43. The van der Waals surface area contributed by atoms with Gasteiger partial charge in [0.1, 0.15) is 5.78 Å². The van der Waals surface area contributed by atoms with E-state index in [2.05, 4.69) is 22.8 Å². The molecule has 0 bridgehead atoms. The summed E-state index contributed by atoms with van der Waals surface area (Å²) in [6.07, 6.45) is 5.70. The molecule has 0 radical (unpaired) electrons.